The van der Waals surface area contributed by atoms with Crippen molar-refractivity contribution >= 4 is 32.1 Å². The predicted molar refractivity (Wildman–Crippen MR) is 104 cm³/mol. The van der Waals surface area contributed by atoms with Crippen LogP contribution in [0.5, 0.6) is 5.75 Å². The van der Waals surface area contributed by atoms with Crippen LogP contribution in [0.15, 0.2) is 51.2 Å². The van der Waals surface area contributed by atoms with Crippen molar-refractivity contribution in [3.63, 3.8) is 0 Å². The zero-order chi connectivity index (χ0) is 18.9. The van der Waals surface area contributed by atoms with E-state index in [0.29, 0.717) is 18.8 Å². The molecular formula is C18H19N3O4S2. The highest BCUT2D eigenvalue weighted by Gasteiger charge is 2.26. The second-order valence-electron chi connectivity index (χ2n) is 6.25. The van der Waals surface area contributed by atoms with Crippen molar-refractivity contribution in [2.24, 2.45) is 4.99 Å². The van der Waals surface area contributed by atoms with Crippen LogP contribution in [0.25, 0.3) is 0 Å². The third kappa shape index (κ3) is 3.81. The standard InChI is InChI=1S/C18H19N3O4S2/c22-26-12-20-15-2-1-3-17(18(15)26)27(23,24)21-8-7-19-11-13-4-5-16-14(10-13)6-9-25-16/h1-5,10,12,19,21H,6-9,11H2. The molecule has 2 heterocycles. The molecule has 0 spiro atoms. The second-order valence-corrected chi connectivity index (χ2v) is 9.20. The van der Waals surface area contributed by atoms with E-state index in [0.717, 1.165) is 24.3 Å². The van der Waals surface area contributed by atoms with E-state index in [1.807, 2.05) is 12.1 Å². The quantitative estimate of drug-likeness (QED) is 0.680. The molecule has 27 heavy (non-hydrogen) atoms. The summed E-state index contributed by atoms with van der Waals surface area (Å²) in [6.07, 6.45) is 0.926. The molecule has 0 aromatic heterocycles. The molecule has 0 fully saturated rings. The third-order valence-electron chi connectivity index (χ3n) is 4.41. The summed E-state index contributed by atoms with van der Waals surface area (Å²) >= 11 is 0. The topological polar surface area (TPSA) is 96.9 Å². The van der Waals surface area contributed by atoms with Crippen LogP contribution >= 0.6 is 0 Å². The monoisotopic (exact) mass is 405 g/mol. The van der Waals surface area contributed by atoms with Gasteiger partial charge in [0, 0.05) is 26.1 Å². The lowest BCUT2D eigenvalue weighted by Crippen LogP contribution is -2.32. The summed E-state index contributed by atoms with van der Waals surface area (Å²) in [4.78, 5) is 4.25. The fraction of sp³-hybridized carbons (Fsp3) is 0.278. The summed E-state index contributed by atoms with van der Waals surface area (Å²) < 4.78 is 45.1. The molecule has 142 valence electrons. The van der Waals surface area contributed by atoms with Gasteiger partial charge >= 0.3 is 0 Å². The first kappa shape index (κ1) is 18.3. The molecule has 1 unspecified atom stereocenters. The van der Waals surface area contributed by atoms with Crippen LogP contribution in [0.2, 0.25) is 0 Å². The maximum atomic E-state index is 12.6. The Balaban J connectivity index is 1.32. The van der Waals surface area contributed by atoms with Crippen LogP contribution < -0.4 is 14.8 Å². The summed E-state index contributed by atoms with van der Waals surface area (Å²) in [7, 11) is -5.28. The number of ether oxygens (including phenoxy) is 1. The Morgan fingerprint density at radius 2 is 2.07 bits per heavy atom. The van der Waals surface area contributed by atoms with Crippen LogP contribution in [-0.4, -0.2) is 37.9 Å². The molecule has 4 rings (SSSR count). The highest BCUT2D eigenvalue weighted by Crippen LogP contribution is 2.32. The molecule has 0 saturated heterocycles. The van der Waals surface area contributed by atoms with E-state index in [9.17, 15) is 12.6 Å². The number of hydrogen-bond donors (Lipinski definition) is 2. The van der Waals surface area contributed by atoms with Gasteiger partial charge in [0.25, 0.3) is 0 Å². The Bertz CT molecular complexity index is 1030. The Labute approximate surface area is 160 Å². The first-order valence-corrected chi connectivity index (χ1v) is 11.3. The van der Waals surface area contributed by atoms with Crippen molar-refractivity contribution in [1.82, 2.24) is 10.0 Å². The first-order chi connectivity index (χ1) is 13.0. The average molecular weight is 406 g/mol. The average Bonchev–Trinajstić information content (AvgIpc) is 3.27. The van der Waals surface area contributed by atoms with Crippen molar-refractivity contribution in [3.8, 4) is 5.75 Å². The van der Waals surface area contributed by atoms with Gasteiger partial charge in [-0.15, -0.1) is 0 Å². The van der Waals surface area contributed by atoms with Crippen molar-refractivity contribution in [2.75, 3.05) is 19.7 Å². The molecule has 0 saturated carbocycles. The summed E-state index contributed by atoms with van der Waals surface area (Å²) in [6.45, 7) is 2.08. The number of rotatable bonds is 7. The normalized spacial score (nSPS) is 17.6. The highest BCUT2D eigenvalue weighted by molar-refractivity contribution is 7.99. The number of fused-ring (bicyclic) bond motifs is 2. The Morgan fingerprint density at radius 3 is 2.96 bits per heavy atom. The van der Waals surface area contributed by atoms with E-state index in [2.05, 4.69) is 21.1 Å². The minimum Gasteiger partial charge on any atom is -0.493 e. The minimum absolute atomic E-state index is 0.0226. The van der Waals surface area contributed by atoms with Gasteiger partial charge in [-0.3, -0.25) is 0 Å². The van der Waals surface area contributed by atoms with Gasteiger partial charge in [0.1, 0.15) is 10.6 Å². The third-order valence-corrected chi connectivity index (χ3v) is 7.17. The Hall–Kier alpha value is -2.07. The van der Waals surface area contributed by atoms with Crippen LogP contribution in [0.4, 0.5) is 5.69 Å². The van der Waals surface area contributed by atoms with Gasteiger partial charge in [-0.05, 0) is 29.3 Å². The van der Waals surface area contributed by atoms with Crippen LogP contribution in [-0.2, 0) is 33.8 Å². The van der Waals surface area contributed by atoms with Crippen molar-refractivity contribution in [3.05, 3.63) is 47.5 Å². The van der Waals surface area contributed by atoms with E-state index in [-0.39, 0.29) is 16.3 Å². The van der Waals surface area contributed by atoms with Gasteiger partial charge < -0.3 is 10.1 Å². The lowest BCUT2D eigenvalue weighted by atomic mass is 10.1. The number of nitrogens with one attached hydrogen (secondary N) is 2. The maximum absolute atomic E-state index is 12.6. The summed E-state index contributed by atoms with van der Waals surface area (Å²) in [6, 6.07) is 10.8. The van der Waals surface area contributed by atoms with Gasteiger partial charge in [-0.25, -0.2) is 22.3 Å². The molecule has 0 amide bonds. The molecule has 2 aliphatic rings. The van der Waals surface area contributed by atoms with E-state index in [1.54, 1.807) is 12.1 Å². The summed E-state index contributed by atoms with van der Waals surface area (Å²) in [5, 5.41) is 3.23. The van der Waals surface area contributed by atoms with Crippen molar-refractivity contribution in [2.45, 2.75) is 22.8 Å². The number of hydrogen-bond acceptors (Lipinski definition) is 6. The van der Waals surface area contributed by atoms with E-state index in [1.165, 1.54) is 17.2 Å². The zero-order valence-electron chi connectivity index (χ0n) is 14.5. The lowest BCUT2D eigenvalue weighted by molar-refractivity contribution is 0.357. The zero-order valence-corrected chi connectivity index (χ0v) is 16.1. The van der Waals surface area contributed by atoms with Crippen LogP contribution in [0.1, 0.15) is 11.1 Å². The van der Waals surface area contributed by atoms with Crippen molar-refractivity contribution in [1.29, 1.82) is 0 Å². The first-order valence-electron chi connectivity index (χ1n) is 8.57. The van der Waals surface area contributed by atoms with E-state index in [4.69, 9.17) is 4.74 Å². The van der Waals surface area contributed by atoms with E-state index >= 15 is 0 Å². The molecule has 0 radical (unpaired) electrons. The summed E-state index contributed by atoms with van der Waals surface area (Å²) in [5.74, 6) is 0.947. The fourth-order valence-corrected chi connectivity index (χ4v) is 5.73. The largest absolute Gasteiger partial charge is 0.493 e. The maximum Gasteiger partial charge on any atom is 0.241 e. The molecule has 0 bridgehead atoms. The molecule has 2 aliphatic heterocycles. The molecular weight excluding hydrogens is 386 g/mol. The number of benzene rings is 2. The molecule has 7 nitrogen and oxygen atoms in total. The van der Waals surface area contributed by atoms with Crippen molar-refractivity contribution < 1.29 is 17.4 Å². The number of aliphatic imine (C=N–C) groups is 1. The fourth-order valence-electron chi connectivity index (χ4n) is 3.11. The van der Waals surface area contributed by atoms with Gasteiger partial charge in [0.15, 0.2) is 0 Å². The predicted octanol–water partition coefficient (Wildman–Crippen LogP) is 1.47. The van der Waals surface area contributed by atoms with Gasteiger partial charge in [-0.1, -0.05) is 18.2 Å². The van der Waals surface area contributed by atoms with E-state index < -0.39 is 20.8 Å². The lowest BCUT2D eigenvalue weighted by Gasteiger charge is -2.10. The molecule has 9 heteroatoms. The smallest absolute Gasteiger partial charge is 0.241 e. The second kappa shape index (κ2) is 7.51. The SMILES string of the molecule is O=S1C=Nc2cccc(S(=O)(=O)NCCNCc3ccc4c(c3)CCO4)c21. The summed E-state index contributed by atoms with van der Waals surface area (Å²) in [5.41, 5.74) is 4.04. The van der Waals surface area contributed by atoms with Crippen LogP contribution in [0, 0.1) is 0 Å². The Morgan fingerprint density at radius 1 is 1.19 bits per heavy atom. The molecule has 2 N–H and O–H groups in total. The molecule has 2 aromatic carbocycles. The van der Waals surface area contributed by atoms with Gasteiger partial charge in [0.05, 0.1) is 33.5 Å². The Kier molecular flexibility index (Phi) is 5.09. The molecule has 2 aromatic rings. The molecule has 0 aliphatic carbocycles. The number of nitrogens with zero attached hydrogens (tertiary/aromatic N) is 1. The van der Waals surface area contributed by atoms with Crippen LogP contribution in [0.3, 0.4) is 0 Å². The molecule has 1 atom stereocenters. The van der Waals surface area contributed by atoms with Gasteiger partial charge in [0.2, 0.25) is 10.0 Å². The van der Waals surface area contributed by atoms with Gasteiger partial charge in [-0.2, -0.15) is 0 Å². The number of sulfonamides is 1. The minimum atomic E-state index is -3.75. The highest BCUT2D eigenvalue weighted by atomic mass is 32.2.